The molecular weight excluding hydrogens is 552 g/mol. The molecule has 0 saturated heterocycles. The van der Waals surface area contributed by atoms with Gasteiger partial charge in [-0.2, -0.15) is 0 Å². The van der Waals surface area contributed by atoms with Crippen LogP contribution in [-0.4, -0.2) is 34.9 Å². The molecule has 41 heavy (non-hydrogen) atoms. The number of benzene rings is 2. The number of carbonyl (C=O) groups is 1. The zero-order valence-electron chi connectivity index (χ0n) is 25.1. The number of amides is 1. The average Bonchev–Trinajstić information content (AvgIpc) is 3.52. The monoisotopic (exact) mass is 594 g/mol. The van der Waals surface area contributed by atoms with Gasteiger partial charge in [0, 0.05) is 35.4 Å². The van der Waals surface area contributed by atoms with Gasteiger partial charge < -0.3 is 24.0 Å². The molecule has 9 heteroatoms. The Balaban J connectivity index is 1.42. The average molecular weight is 595 g/mol. The molecule has 0 saturated carbocycles. The normalized spacial score (nSPS) is 13.0. The molecule has 1 atom stereocenters. The molecule has 0 radical (unpaired) electrons. The van der Waals surface area contributed by atoms with E-state index in [4.69, 9.17) is 26.5 Å². The van der Waals surface area contributed by atoms with Gasteiger partial charge in [0.15, 0.2) is 8.32 Å². The minimum atomic E-state index is -2.08. The van der Waals surface area contributed by atoms with E-state index in [-0.39, 0.29) is 17.0 Å². The van der Waals surface area contributed by atoms with Crippen LogP contribution in [0.3, 0.4) is 0 Å². The first-order valence-electron chi connectivity index (χ1n) is 14.3. The van der Waals surface area contributed by atoms with Crippen molar-refractivity contribution in [3.05, 3.63) is 83.0 Å². The number of ether oxygens (including phenoxy) is 1. The van der Waals surface area contributed by atoms with Crippen LogP contribution in [0, 0.1) is 0 Å². The highest BCUT2D eigenvalue weighted by Crippen LogP contribution is 2.40. The third-order valence-corrected chi connectivity index (χ3v) is 12.9. The first kappa shape index (κ1) is 30.9. The number of halogens is 1. The van der Waals surface area contributed by atoms with Crippen LogP contribution in [0.2, 0.25) is 23.2 Å². The van der Waals surface area contributed by atoms with Gasteiger partial charge >= 0.3 is 0 Å². The van der Waals surface area contributed by atoms with Gasteiger partial charge in [0.25, 0.3) is 5.91 Å². The SMILES string of the molecule is Cn1cc(CCC[C@@H](O[Si](C)(C)C(C)(C)C)n2cnc(C(N)=O)c2)c2cc(OCCCc3ccc(Cl)cc3)ccc21. The molecule has 2 aromatic carbocycles. The maximum absolute atomic E-state index is 11.7. The smallest absolute Gasteiger partial charge is 0.268 e. The summed E-state index contributed by atoms with van der Waals surface area (Å²) in [4.78, 5) is 15.9. The lowest BCUT2D eigenvalue weighted by Crippen LogP contribution is -2.42. The van der Waals surface area contributed by atoms with Crippen LogP contribution < -0.4 is 10.5 Å². The fourth-order valence-electron chi connectivity index (χ4n) is 4.73. The number of hydrogen-bond acceptors (Lipinski definition) is 4. The quantitative estimate of drug-likeness (QED) is 0.127. The molecular formula is C32H43ClN4O3Si. The molecule has 0 unspecified atom stereocenters. The second-order valence-electron chi connectivity index (χ2n) is 12.3. The van der Waals surface area contributed by atoms with Crippen molar-refractivity contribution in [3.63, 3.8) is 0 Å². The maximum atomic E-state index is 11.7. The summed E-state index contributed by atoms with van der Waals surface area (Å²) in [6.45, 7) is 11.8. The van der Waals surface area contributed by atoms with Crippen LogP contribution in [0.4, 0.5) is 0 Å². The lowest BCUT2D eigenvalue weighted by atomic mass is 10.1. The number of aryl methyl sites for hydroxylation is 3. The minimum absolute atomic E-state index is 0.0548. The molecule has 0 aliphatic rings. The predicted octanol–water partition coefficient (Wildman–Crippen LogP) is 7.68. The second kappa shape index (κ2) is 12.8. The van der Waals surface area contributed by atoms with Crippen LogP contribution in [0.5, 0.6) is 5.75 Å². The number of hydrogen-bond donors (Lipinski definition) is 1. The van der Waals surface area contributed by atoms with Crippen molar-refractivity contribution in [2.75, 3.05) is 6.61 Å². The molecule has 0 aliphatic carbocycles. The summed E-state index contributed by atoms with van der Waals surface area (Å²) >= 11 is 5.99. The Morgan fingerprint density at radius 2 is 1.80 bits per heavy atom. The number of primary amides is 1. The molecule has 0 aliphatic heterocycles. The Morgan fingerprint density at radius 3 is 2.46 bits per heavy atom. The van der Waals surface area contributed by atoms with Crippen LogP contribution in [0.25, 0.3) is 10.9 Å². The van der Waals surface area contributed by atoms with Crippen molar-refractivity contribution in [2.45, 2.75) is 77.2 Å². The molecule has 220 valence electrons. The van der Waals surface area contributed by atoms with Crippen molar-refractivity contribution in [1.82, 2.24) is 14.1 Å². The molecule has 4 aromatic rings. The van der Waals surface area contributed by atoms with Crippen LogP contribution in [0.15, 0.2) is 61.2 Å². The summed E-state index contributed by atoms with van der Waals surface area (Å²) < 4.78 is 17.0. The van der Waals surface area contributed by atoms with Gasteiger partial charge in [-0.3, -0.25) is 4.79 Å². The number of nitrogens with zero attached hydrogens (tertiary/aromatic N) is 3. The van der Waals surface area contributed by atoms with Gasteiger partial charge in [0.2, 0.25) is 0 Å². The highest BCUT2D eigenvalue weighted by atomic mass is 35.5. The summed E-state index contributed by atoms with van der Waals surface area (Å²) in [5.74, 6) is 0.353. The first-order valence-corrected chi connectivity index (χ1v) is 17.6. The van der Waals surface area contributed by atoms with E-state index in [0.29, 0.717) is 6.61 Å². The highest BCUT2D eigenvalue weighted by Gasteiger charge is 2.39. The van der Waals surface area contributed by atoms with Gasteiger partial charge in [0.05, 0.1) is 12.9 Å². The van der Waals surface area contributed by atoms with Gasteiger partial charge in [-0.25, -0.2) is 4.98 Å². The number of fused-ring (bicyclic) bond motifs is 1. The van der Waals surface area contributed by atoms with Gasteiger partial charge in [-0.05, 0) is 91.7 Å². The Kier molecular flexibility index (Phi) is 9.67. The first-order chi connectivity index (χ1) is 19.3. The van der Waals surface area contributed by atoms with Gasteiger partial charge in [0.1, 0.15) is 17.7 Å². The van der Waals surface area contributed by atoms with Crippen molar-refractivity contribution < 1.29 is 14.0 Å². The standard InChI is InChI=1S/C32H43ClN4O3Si/c1-32(2,3)41(5,6)40-30(37-21-28(31(34)38)35-22-37)11-7-10-24-20-36(4)29-17-16-26(19-27(24)29)39-18-8-9-23-12-14-25(33)15-13-23/h12-17,19-22,30H,7-11,18H2,1-6H3,(H2,34,38)/t30-/m1/s1. The molecule has 2 heterocycles. The van der Waals surface area contributed by atoms with E-state index in [1.54, 1.807) is 12.5 Å². The molecule has 0 fully saturated rings. The molecule has 2 aromatic heterocycles. The molecule has 0 spiro atoms. The minimum Gasteiger partial charge on any atom is -0.494 e. The van der Waals surface area contributed by atoms with Gasteiger partial charge in [-0.1, -0.05) is 44.5 Å². The zero-order valence-corrected chi connectivity index (χ0v) is 26.9. The highest BCUT2D eigenvalue weighted by molar-refractivity contribution is 6.74. The Labute approximate surface area is 249 Å². The number of imidazole rings is 1. The van der Waals surface area contributed by atoms with E-state index in [1.807, 2.05) is 22.8 Å². The van der Waals surface area contributed by atoms with Crippen molar-refractivity contribution >= 4 is 36.7 Å². The Hall–Kier alpha value is -3.07. The fraction of sp³-hybridized carbons (Fsp3) is 0.438. The number of nitrogens with two attached hydrogens (primary N) is 1. The third kappa shape index (κ3) is 7.81. The van der Waals surface area contributed by atoms with Crippen LogP contribution in [0.1, 0.15) is 67.9 Å². The molecule has 7 nitrogen and oxygen atoms in total. The summed E-state index contributed by atoms with van der Waals surface area (Å²) in [6.07, 6.45) is 9.83. The van der Waals surface area contributed by atoms with Crippen LogP contribution >= 0.6 is 11.6 Å². The Morgan fingerprint density at radius 1 is 1.07 bits per heavy atom. The zero-order chi connectivity index (χ0) is 29.8. The topological polar surface area (TPSA) is 84.3 Å². The second-order valence-corrected chi connectivity index (χ2v) is 17.5. The molecule has 2 N–H and O–H groups in total. The van der Waals surface area contributed by atoms with E-state index in [1.165, 1.54) is 22.0 Å². The van der Waals surface area contributed by atoms with Crippen LogP contribution in [-0.2, 0) is 24.3 Å². The number of carbonyl (C=O) groups excluding carboxylic acids is 1. The fourth-order valence-corrected chi connectivity index (χ4v) is 6.13. The number of rotatable bonds is 13. The van der Waals surface area contributed by atoms with E-state index in [2.05, 4.69) is 80.9 Å². The maximum Gasteiger partial charge on any atom is 0.268 e. The molecule has 4 rings (SSSR count). The molecule has 0 bridgehead atoms. The van der Waals surface area contributed by atoms with Crippen molar-refractivity contribution in [2.24, 2.45) is 12.8 Å². The summed E-state index contributed by atoms with van der Waals surface area (Å²) in [5, 5.41) is 2.02. The summed E-state index contributed by atoms with van der Waals surface area (Å²) in [6, 6.07) is 14.3. The van der Waals surface area contributed by atoms with E-state index >= 15 is 0 Å². The Bertz CT molecular complexity index is 1470. The van der Waals surface area contributed by atoms with E-state index in [9.17, 15) is 4.79 Å². The lowest BCUT2D eigenvalue weighted by molar-refractivity contribution is 0.0988. The largest absolute Gasteiger partial charge is 0.494 e. The number of aromatic nitrogens is 3. The predicted molar refractivity (Wildman–Crippen MR) is 169 cm³/mol. The van der Waals surface area contributed by atoms with Gasteiger partial charge in [-0.15, -0.1) is 0 Å². The van der Waals surface area contributed by atoms with E-state index in [0.717, 1.165) is 42.9 Å². The van der Waals surface area contributed by atoms with E-state index < -0.39 is 14.2 Å². The van der Waals surface area contributed by atoms with Crippen molar-refractivity contribution in [3.8, 4) is 5.75 Å². The summed E-state index contributed by atoms with van der Waals surface area (Å²) in [7, 11) is 0.00523. The summed E-state index contributed by atoms with van der Waals surface area (Å²) in [5.41, 5.74) is 9.45. The lowest BCUT2D eigenvalue weighted by Gasteiger charge is -2.39. The third-order valence-electron chi connectivity index (χ3n) is 8.16. The molecule has 1 amide bonds. The van der Waals surface area contributed by atoms with Crippen molar-refractivity contribution in [1.29, 1.82) is 0 Å².